The Kier molecular flexibility index (Phi) is 3.87. The molecule has 0 unspecified atom stereocenters. The first-order valence-electron chi connectivity index (χ1n) is 4.77. The van der Waals surface area contributed by atoms with Crippen molar-refractivity contribution in [2.24, 2.45) is 0 Å². The van der Waals surface area contributed by atoms with Crippen molar-refractivity contribution in [2.75, 3.05) is 0 Å². The van der Waals surface area contributed by atoms with Crippen molar-refractivity contribution >= 4 is 27.7 Å². The Morgan fingerprint density at radius 2 is 1.53 bits per heavy atom. The molecule has 0 N–H and O–H groups in total. The molecule has 0 atom stereocenters. The third-order valence-electron chi connectivity index (χ3n) is 2.07. The van der Waals surface area contributed by atoms with E-state index in [4.69, 9.17) is 0 Å². The summed E-state index contributed by atoms with van der Waals surface area (Å²) >= 11 is 5.40. The zero-order chi connectivity index (χ0) is 10.5. The number of hydrogen-bond donors (Lipinski definition) is 0. The first-order valence-corrected chi connectivity index (χ1v) is 6.55. The molecular formula is C13H11BrS. The number of rotatable bonds is 3. The summed E-state index contributed by atoms with van der Waals surface area (Å²) in [7, 11) is 0. The number of thioether (sulfide) groups is 1. The van der Waals surface area contributed by atoms with Crippen molar-refractivity contribution in [3.63, 3.8) is 0 Å². The molecule has 0 fully saturated rings. The van der Waals surface area contributed by atoms with Crippen molar-refractivity contribution < 1.29 is 0 Å². The van der Waals surface area contributed by atoms with Gasteiger partial charge in [-0.15, -0.1) is 11.8 Å². The van der Waals surface area contributed by atoms with Gasteiger partial charge in [0.1, 0.15) is 0 Å². The fourth-order valence-electron chi connectivity index (χ4n) is 1.30. The Balaban J connectivity index is 2.03. The van der Waals surface area contributed by atoms with E-state index >= 15 is 0 Å². The highest BCUT2D eigenvalue weighted by Crippen LogP contribution is 2.29. The van der Waals surface area contributed by atoms with Crippen molar-refractivity contribution in [1.82, 2.24) is 0 Å². The van der Waals surface area contributed by atoms with E-state index < -0.39 is 0 Å². The molecule has 0 radical (unpaired) electrons. The van der Waals surface area contributed by atoms with Crippen LogP contribution in [0.15, 0.2) is 64.0 Å². The molecule has 0 amide bonds. The summed E-state index contributed by atoms with van der Waals surface area (Å²) in [5.41, 5.74) is 1.36. The van der Waals surface area contributed by atoms with E-state index in [1.165, 1.54) is 14.9 Å². The van der Waals surface area contributed by atoms with Crippen LogP contribution in [0.3, 0.4) is 0 Å². The van der Waals surface area contributed by atoms with Crippen molar-refractivity contribution in [3.05, 3.63) is 64.6 Å². The molecule has 0 saturated heterocycles. The molecule has 2 aromatic rings. The van der Waals surface area contributed by atoms with Gasteiger partial charge in [0.2, 0.25) is 0 Å². The van der Waals surface area contributed by atoms with Gasteiger partial charge in [0.05, 0.1) is 0 Å². The van der Waals surface area contributed by atoms with Gasteiger partial charge in [0.15, 0.2) is 0 Å². The zero-order valence-corrected chi connectivity index (χ0v) is 10.6. The van der Waals surface area contributed by atoms with E-state index in [-0.39, 0.29) is 0 Å². The Bertz CT molecular complexity index is 426. The molecule has 0 saturated carbocycles. The van der Waals surface area contributed by atoms with Crippen LogP contribution in [0.1, 0.15) is 5.56 Å². The third-order valence-corrected chi connectivity index (χ3v) is 4.17. The molecule has 2 rings (SSSR count). The fraction of sp³-hybridized carbons (Fsp3) is 0.0769. The standard InChI is InChI=1S/C13H11BrS/c14-12-8-4-5-9-13(12)15-10-11-6-2-1-3-7-11/h1-9H,10H2. The van der Waals surface area contributed by atoms with E-state index in [0.29, 0.717) is 0 Å². The second-order valence-electron chi connectivity index (χ2n) is 3.20. The van der Waals surface area contributed by atoms with E-state index in [9.17, 15) is 0 Å². The summed E-state index contributed by atoms with van der Waals surface area (Å²) in [6, 6.07) is 18.8. The predicted octanol–water partition coefficient (Wildman–Crippen LogP) is 4.74. The van der Waals surface area contributed by atoms with Crippen LogP contribution in [0, 0.1) is 0 Å². The lowest BCUT2D eigenvalue weighted by atomic mass is 10.2. The molecule has 0 aliphatic heterocycles. The van der Waals surface area contributed by atoms with Crippen molar-refractivity contribution in [2.45, 2.75) is 10.6 Å². The number of benzene rings is 2. The third kappa shape index (κ3) is 3.11. The van der Waals surface area contributed by atoms with Crippen LogP contribution in [0.25, 0.3) is 0 Å². The Hall–Kier alpha value is -0.730. The quantitative estimate of drug-likeness (QED) is 0.731. The van der Waals surface area contributed by atoms with Gasteiger partial charge in [0, 0.05) is 15.1 Å². The van der Waals surface area contributed by atoms with Crippen LogP contribution in [0.2, 0.25) is 0 Å². The second-order valence-corrected chi connectivity index (χ2v) is 5.08. The monoisotopic (exact) mass is 278 g/mol. The molecule has 0 aliphatic rings. The predicted molar refractivity (Wildman–Crippen MR) is 70.1 cm³/mol. The van der Waals surface area contributed by atoms with Gasteiger partial charge in [-0.25, -0.2) is 0 Å². The summed E-state index contributed by atoms with van der Waals surface area (Å²) in [5.74, 6) is 1.02. The van der Waals surface area contributed by atoms with Gasteiger partial charge in [0.25, 0.3) is 0 Å². The Morgan fingerprint density at radius 3 is 2.27 bits per heavy atom. The first-order chi connectivity index (χ1) is 7.36. The maximum absolute atomic E-state index is 3.55. The lowest BCUT2D eigenvalue weighted by Gasteiger charge is -2.03. The maximum atomic E-state index is 3.55. The summed E-state index contributed by atoms with van der Waals surface area (Å²) in [4.78, 5) is 1.29. The fourth-order valence-corrected chi connectivity index (χ4v) is 2.82. The lowest BCUT2D eigenvalue weighted by Crippen LogP contribution is -1.79. The highest BCUT2D eigenvalue weighted by molar-refractivity contribution is 9.10. The number of hydrogen-bond acceptors (Lipinski definition) is 1. The van der Waals surface area contributed by atoms with Crippen LogP contribution in [-0.2, 0) is 5.75 Å². The molecule has 0 bridgehead atoms. The normalized spacial score (nSPS) is 10.2. The largest absolute Gasteiger partial charge is 0.120 e. The average molecular weight is 279 g/mol. The first kappa shape index (κ1) is 10.8. The van der Waals surface area contributed by atoms with Crippen LogP contribution in [-0.4, -0.2) is 0 Å². The zero-order valence-electron chi connectivity index (χ0n) is 8.19. The minimum absolute atomic E-state index is 1.02. The van der Waals surface area contributed by atoms with E-state index in [2.05, 4.69) is 58.4 Å². The molecule has 2 heteroatoms. The van der Waals surface area contributed by atoms with Crippen LogP contribution in [0.5, 0.6) is 0 Å². The summed E-state index contributed by atoms with van der Waals surface area (Å²) < 4.78 is 1.17. The lowest BCUT2D eigenvalue weighted by molar-refractivity contribution is 1.36. The highest BCUT2D eigenvalue weighted by Gasteiger charge is 1.99. The SMILES string of the molecule is Brc1ccccc1SCc1ccccc1. The molecule has 0 heterocycles. The summed E-state index contributed by atoms with van der Waals surface area (Å²) in [6.07, 6.45) is 0. The molecule has 0 spiro atoms. The minimum Gasteiger partial charge on any atom is -0.120 e. The maximum Gasteiger partial charge on any atom is 0.0311 e. The summed E-state index contributed by atoms with van der Waals surface area (Å²) in [6.45, 7) is 0. The number of halogens is 1. The van der Waals surface area contributed by atoms with Crippen LogP contribution >= 0.6 is 27.7 Å². The van der Waals surface area contributed by atoms with Gasteiger partial charge in [-0.1, -0.05) is 42.5 Å². The molecule has 76 valence electrons. The average Bonchev–Trinajstić information content (AvgIpc) is 2.29. The van der Waals surface area contributed by atoms with Crippen LogP contribution < -0.4 is 0 Å². The molecule has 15 heavy (non-hydrogen) atoms. The van der Waals surface area contributed by atoms with Gasteiger partial charge in [-0.3, -0.25) is 0 Å². The topological polar surface area (TPSA) is 0 Å². The van der Waals surface area contributed by atoms with Crippen molar-refractivity contribution in [3.8, 4) is 0 Å². The minimum atomic E-state index is 1.02. The molecule has 0 aliphatic carbocycles. The highest BCUT2D eigenvalue weighted by atomic mass is 79.9. The van der Waals surface area contributed by atoms with Gasteiger partial charge < -0.3 is 0 Å². The second kappa shape index (κ2) is 5.38. The smallest absolute Gasteiger partial charge is 0.0311 e. The Labute approximate surface area is 103 Å². The van der Waals surface area contributed by atoms with E-state index in [1.54, 1.807) is 0 Å². The van der Waals surface area contributed by atoms with Crippen LogP contribution in [0.4, 0.5) is 0 Å². The van der Waals surface area contributed by atoms with Gasteiger partial charge >= 0.3 is 0 Å². The Morgan fingerprint density at radius 1 is 0.867 bits per heavy atom. The van der Waals surface area contributed by atoms with E-state index in [0.717, 1.165) is 5.75 Å². The molecule has 2 aromatic carbocycles. The molecular weight excluding hydrogens is 268 g/mol. The summed E-state index contributed by atoms with van der Waals surface area (Å²) in [5, 5.41) is 0. The van der Waals surface area contributed by atoms with Gasteiger partial charge in [-0.05, 0) is 33.6 Å². The van der Waals surface area contributed by atoms with E-state index in [1.807, 2.05) is 23.9 Å². The molecule has 0 aromatic heterocycles. The molecule has 0 nitrogen and oxygen atoms in total. The van der Waals surface area contributed by atoms with Crippen molar-refractivity contribution in [1.29, 1.82) is 0 Å². The van der Waals surface area contributed by atoms with Gasteiger partial charge in [-0.2, -0.15) is 0 Å².